The van der Waals surface area contributed by atoms with Crippen molar-refractivity contribution >= 4 is 21.4 Å². The molecule has 1 aromatic rings. The summed E-state index contributed by atoms with van der Waals surface area (Å²) in [4.78, 5) is 28.0. The molecule has 1 aliphatic heterocycles. The van der Waals surface area contributed by atoms with Gasteiger partial charge in [-0.25, -0.2) is 8.42 Å². The number of nitro benzene ring substituents is 1. The highest BCUT2D eigenvalue weighted by Gasteiger charge is 2.35. The normalized spacial score (nSPS) is 18.8. The molecule has 0 N–H and O–H groups in total. The molecule has 1 atom stereocenters. The highest BCUT2D eigenvalue weighted by Crippen LogP contribution is 2.32. The quantitative estimate of drug-likeness (QED) is 0.491. The number of rotatable bonds is 7. The lowest BCUT2D eigenvalue weighted by Gasteiger charge is -2.29. The zero-order valence-corrected chi connectivity index (χ0v) is 18.7. The number of hydrogen-bond acceptors (Lipinski definition) is 6. The first-order valence-electron chi connectivity index (χ1n) is 9.77. The van der Waals surface area contributed by atoms with Gasteiger partial charge in [-0.05, 0) is 45.0 Å². The molecule has 1 amide bonds. The van der Waals surface area contributed by atoms with Gasteiger partial charge in [-0.15, -0.1) is 0 Å². The second-order valence-corrected chi connectivity index (χ2v) is 11.2. The van der Waals surface area contributed by atoms with Gasteiger partial charge in [0.2, 0.25) is 0 Å². The molecule has 0 radical (unpaired) electrons. The zero-order chi connectivity index (χ0) is 22.0. The average molecular weight is 426 g/mol. The Balaban J connectivity index is 2.36. The number of carbonyl (C=O) groups excluding carboxylic acids is 1. The van der Waals surface area contributed by atoms with Gasteiger partial charge < -0.3 is 9.80 Å². The van der Waals surface area contributed by atoms with E-state index in [1.165, 1.54) is 6.07 Å². The molecule has 1 fully saturated rings. The molecule has 1 saturated heterocycles. The minimum atomic E-state index is -3.16. The van der Waals surface area contributed by atoms with Crippen molar-refractivity contribution in [2.45, 2.75) is 45.1 Å². The zero-order valence-electron chi connectivity index (χ0n) is 17.8. The summed E-state index contributed by atoms with van der Waals surface area (Å²) < 4.78 is 23.9. The lowest BCUT2D eigenvalue weighted by molar-refractivity contribution is -0.386. The highest BCUT2D eigenvalue weighted by molar-refractivity contribution is 7.91. The number of amides is 1. The van der Waals surface area contributed by atoms with Gasteiger partial charge in [0.1, 0.15) is 0 Å². The lowest BCUT2D eigenvalue weighted by atomic mass is 9.85. The maximum absolute atomic E-state index is 13.2. The van der Waals surface area contributed by atoms with Crippen LogP contribution in [-0.4, -0.2) is 73.8 Å². The molecule has 0 aromatic heterocycles. The van der Waals surface area contributed by atoms with Crippen molar-refractivity contribution in [3.05, 3.63) is 39.4 Å². The summed E-state index contributed by atoms with van der Waals surface area (Å²) >= 11 is 0. The average Bonchev–Trinajstić information content (AvgIpc) is 2.96. The van der Waals surface area contributed by atoms with Crippen LogP contribution in [0.25, 0.3) is 0 Å². The van der Waals surface area contributed by atoms with Gasteiger partial charge in [0.05, 0.1) is 16.4 Å². The molecule has 1 aromatic carbocycles. The second-order valence-electron chi connectivity index (χ2n) is 8.95. The van der Waals surface area contributed by atoms with Crippen molar-refractivity contribution in [3.63, 3.8) is 0 Å². The van der Waals surface area contributed by atoms with E-state index in [9.17, 15) is 23.3 Å². The third kappa shape index (κ3) is 5.99. The molecule has 29 heavy (non-hydrogen) atoms. The van der Waals surface area contributed by atoms with Gasteiger partial charge in [-0.3, -0.25) is 14.9 Å². The molecule has 0 spiro atoms. The van der Waals surface area contributed by atoms with Gasteiger partial charge >= 0.3 is 0 Å². The van der Waals surface area contributed by atoms with E-state index < -0.39 is 26.2 Å². The van der Waals surface area contributed by atoms with Crippen molar-refractivity contribution in [1.29, 1.82) is 0 Å². The Morgan fingerprint density at radius 3 is 2.38 bits per heavy atom. The van der Waals surface area contributed by atoms with Crippen molar-refractivity contribution in [3.8, 4) is 0 Å². The van der Waals surface area contributed by atoms with E-state index in [4.69, 9.17) is 0 Å². The molecular weight excluding hydrogens is 394 g/mol. The van der Waals surface area contributed by atoms with E-state index in [1.807, 2.05) is 39.8 Å². The first kappa shape index (κ1) is 23.3. The molecule has 0 bridgehead atoms. The predicted molar refractivity (Wildman–Crippen MR) is 113 cm³/mol. The number of nitrogens with zero attached hydrogens (tertiary/aromatic N) is 3. The van der Waals surface area contributed by atoms with E-state index in [0.717, 1.165) is 6.54 Å². The molecule has 0 aliphatic carbocycles. The van der Waals surface area contributed by atoms with Crippen LogP contribution in [0.3, 0.4) is 0 Å². The van der Waals surface area contributed by atoms with E-state index in [-0.39, 0.29) is 28.7 Å². The van der Waals surface area contributed by atoms with E-state index in [1.54, 1.807) is 17.0 Å². The fraction of sp³-hybridized carbons (Fsp3) is 0.650. The summed E-state index contributed by atoms with van der Waals surface area (Å²) in [6.45, 7) is 6.81. The first-order chi connectivity index (χ1) is 13.3. The Morgan fingerprint density at radius 2 is 1.90 bits per heavy atom. The minimum absolute atomic E-state index is 0.0527. The van der Waals surface area contributed by atoms with Crippen LogP contribution in [0.4, 0.5) is 5.69 Å². The summed E-state index contributed by atoms with van der Waals surface area (Å²) in [5.41, 5.74) is 0.255. The van der Waals surface area contributed by atoms with Gasteiger partial charge in [0.15, 0.2) is 9.84 Å². The van der Waals surface area contributed by atoms with Crippen LogP contribution in [0.1, 0.15) is 49.5 Å². The number of sulfone groups is 1. The molecule has 1 aliphatic rings. The van der Waals surface area contributed by atoms with E-state index >= 15 is 0 Å². The monoisotopic (exact) mass is 425 g/mol. The molecule has 2 rings (SSSR count). The van der Waals surface area contributed by atoms with Gasteiger partial charge in [-0.1, -0.05) is 26.8 Å². The first-order valence-corrected chi connectivity index (χ1v) is 11.6. The minimum Gasteiger partial charge on any atom is -0.335 e. The second kappa shape index (κ2) is 8.79. The smallest absolute Gasteiger partial charge is 0.273 e. The molecule has 1 unspecified atom stereocenters. The van der Waals surface area contributed by atoms with Crippen LogP contribution in [0, 0.1) is 10.1 Å². The standard InChI is InChI=1S/C20H31N3O5S/c1-20(2,3)17-8-7-15(13-18(17)23(25)26)19(24)22(11-6-10-21(4)5)16-9-12-29(27,28)14-16/h7-8,13,16H,6,9-12,14H2,1-5H3. The van der Waals surface area contributed by atoms with Crippen LogP contribution in [0.5, 0.6) is 0 Å². The van der Waals surface area contributed by atoms with Crippen LogP contribution < -0.4 is 0 Å². The Bertz CT molecular complexity index is 875. The van der Waals surface area contributed by atoms with Gasteiger partial charge in [0, 0.05) is 29.8 Å². The van der Waals surface area contributed by atoms with Crippen molar-refractivity contribution in [2.24, 2.45) is 0 Å². The predicted octanol–water partition coefficient (Wildman–Crippen LogP) is 2.47. The van der Waals surface area contributed by atoms with Crippen LogP contribution in [-0.2, 0) is 15.3 Å². The van der Waals surface area contributed by atoms with Crippen molar-refractivity contribution in [2.75, 3.05) is 38.7 Å². The topological polar surface area (TPSA) is 101 Å². The number of hydrogen-bond donors (Lipinski definition) is 0. The Labute approximate surface area is 172 Å². The number of benzene rings is 1. The Hall–Kier alpha value is -2.00. The van der Waals surface area contributed by atoms with Crippen LogP contribution in [0.15, 0.2) is 18.2 Å². The SMILES string of the molecule is CN(C)CCCN(C(=O)c1ccc(C(C)(C)C)c([N+](=O)[O-])c1)C1CCS(=O)(=O)C1. The molecule has 9 heteroatoms. The Morgan fingerprint density at radius 1 is 1.24 bits per heavy atom. The largest absolute Gasteiger partial charge is 0.335 e. The summed E-state index contributed by atoms with van der Waals surface area (Å²) in [7, 11) is 0.705. The van der Waals surface area contributed by atoms with E-state index in [2.05, 4.69) is 0 Å². The summed E-state index contributed by atoms with van der Waals surface area (Å²) in [6, 6.07) is 4.18. The third-order valence-electron chi connectivity index (χ3n) is 5.16. The fourth-order valence-electron chi connectivity index (χ4n) is 3.64. The molecule has 0 saturated carbocycles. The van der Waals surface area contributed by atoms with Gasteiger partial charge in [-0.2, -0.15) is 0 Å². The summed E-state index contributed by atoms with van der Waals surface area (Å²) in [5, 5.41) is 11.6. The van der Waals surface area contributed by atoms with Crippen LogP contribution in [0.2, 0.25) is 0 Å². The Kier molecular flexibility index (Phi) is 7.06. The maximum atomic E-state index is 13.2. The molecule has 162 valence electrons. The van der Waals surface area contributed by atoms with Crippen molar-refractivity contribution in [1.82, 2.24) is 9.80 Å². The summed E-state index contributed by atoms with van der Waals surface area (Å²) in [5.74, 6) is -0.337. The molecular formula is C20H31N3O5S. The molecule has 8 nitrogen and oxygen atoms in total. The van der Waals surface area contributed by atoms with Crippen LogP contribution >= 0.6 is 0 Å². The number of nitro groups is 1. The lowest BCUT2D eigenvalue weighted by Crippen LogP contribution is -2.42. The summed E-state index contributed by atoms with van der Waals surface area (Å²) in [6.07, 6.45) is 1.09. The fourth-order valence-corrected chi connectivity index (χ4v) is 5.37. The maximum Gasteiger partial charge on any atom is 0.273 e. The molecule has 1 heterocycles. The van der Waals surface area contributed by atoms with E-state index in [0.29, 0.717) is 24.9 Å². The van der Waals surface area contributed by atoms with Crippen molar-refractivity contribution < 1.29 is 18.1 Å². The van der Waals surface area contributed by atoms with Gasteiger partial charge in [0.25, 0.3) is 11.6 Å². The number of carbonyl (C=O) groups is 1. The third-order valence-corrected chi connectivity index (χ3v) is 6.91. The highest BCUT2D eigenvalue weighted by atomic mass is 32.2.